The Labute approximate surface area is 242 Å². The maximum absolute atomic E-state index is 14.0. The van der Waals surface area contributed by atoms with Crippen molar-refractivity contribution in [3.8, 4) is 11.5 Å². The standard InChI is InChI=1S/C29H29BrF4N2O5/c30-19-6-4-16(5-7-19)12-23(35)24(37)13-18(10-17-2-1-3-21(11-17)41-29(32,33)34)28(39)36-27-22-14-20(31)8-9-26(22)40-15-25(27)38/h1-9,11,14,18,23-25,27,37-38H,10,12-13,15,35H2,(H,36,39). The van der Waals surface area contributed by atoms with Crippen LogP contribution in [-0.4, -0.2) is 47.3 Å². The molecule has 1 heterocycles. The van der Waals surface area contributed by atoms with Crippen LogP contribution in [0.25, 0.3) is 0 Å². The quantitative estimate of drug-likeness (QED) is 0.241. The molecular weight excluding hydrogens is 612 g/mol. The molecule has 41 heavy (non-hydrogen) atoms. The van der Waals surface area contributed by atoms with Gasteiger partial charge < -0.3 is 30.7 Å². The lowest BCUT2D eigenvalue weighted by Gasteiger charge is -2.33. The van der Waals surface area contributed by atoms with Gasteiger partial charge in [0.05, 0.1) is 12.1 Å². The third-order valence-corrected chi connectivity index (χ3v) is 7.32. The monoisotopic (exact) mass is 640 g/mol. The van der Waals surface area contributed by atoms with E-state index in [9.17, 15) is 32.6 Å². The van der Waals surface area contributed by atoms with E-state index < -0.39 is 54.0 Å². The molecule has 5 unspecified atom stereocenters. The SMILES string of the molecule is NC(Cc1ccc(Br)cc1)C(O)CC(Cc1cccc(OC(F)(F)F)c1)C(=O)NC1c2cc(F)ccc2OCC1O. The van der Waals surface area contributed by atoms with Crippen LogP contribution in [0.3, 0.4) is 0 Å². The molecule has 4 rings (SSSR count). The third kappa shape index (κ3) is 8.65. The highest BCUT2D eigenvalue weighted by molar-refractivity contribution is 9.10. The molecule has 0 saturated heterocycles. The van der Waals surface area contributed by atoms with Crippen molar-refractivity contribution < 1.29 is 42.0 Å². The van der Waals surface area contributed by atoms with E-state index in [1.165, 1.54) is 24.3 Å². The van der Waals surface area contributed by atoms with E-state index in [-0.39, 0.29) is 25.0 Å². The Bertz CT molecular complexity index is 1340. The molecule has 0 spiro atoms. The molecule has 1 amide bonds. The zero-order valence-electron chi connectivity index (χ0n) is 21.7. The van der Waals surface area contributed by atoms with E-state index in [1.807, 2.05) is 24.3 Å². The van der Waals surface area contributed by atoms with Gasteiger partial charge in [-0.2, -0.15) is 0 Å². The summed E-state index contributed by atoms with van der Waals surface area (Å²) in [5.41, 5.74) is 7.72. The lowest BCUT2D eigenvalue weighted by Crippen LogP contribution is -2.46. The van der Waals surface area contributed by atoms with E-state index in [0.717, 1.165) is 28.2 Å². The molecular formula is C29H29BrF4N2O5. The number of rotatable bonds is 10. The van der Waals surface area contributed by atoms with Crippen LogP contribution in [0.15, 0.2) is 71.2 Å². The van der Waals surface area contributed by atoms with Gasteiger partial charge in [-0.25, -0.2) is 4.39 Å². The molecule has 0 fully saturated rings. The summed E-state index contributed by atoms with van der Waals surface area (Å²) in [4.78, 5) is 13.6. The normalized spacial score (nSPS) is 18.9. The van der Waals surface area contributed by atoms with Crippen molar-refractivity contribution in [2.75, 3.05) is 6.61 Å². The number of hydrogen-bond acceptors (Lipinski definition) is 6. The number of halogens is 5. The van der Waals surface area contributed by atoms with Crippen LogP contribution < -0.4 is 20.5 Å². The Morgan fingerprint density at radius 1 is 1.10 bits per heavy atom. The summed E-state index contributed by atoms with van der Waals surface area (Å²) in [7, 11) is 0. The summed E-state index contributed by atoms with van der Waals surface area (Å²) < 4.78 is 62.7. The Balaban J connectivity index is 1.55. The number of hydrogen-bond donors (Lipinski definition) is 4. The summed E-state index contributed by atoms with van der Waals surface area (Å²) in [5.74, 6) is -2.33. The van der Waals surface area contributed by atoms with Crippen LogP contribution in [0.4, 0.5) is 17.6 Å². The number of amides is 1. The third-order valence-electron chi connectivity index (χ3n) is 6.79. The number of fused-ring (bicyclic) bond motifs is 1. The Hall–Kier alpha value is -3.19. The molecule has 0 aromatic heterocycles. The highest BCUT2D eigenvalue weighted by atomic mass is 79.9. The van der Waals surface area contributed by atoms with Crippen LogP contribution >= 0.6 is 15.9 Å². The van der Waals surface area contributed by atoms with Gasteiger partial charge in [-0.1, -0.05) is 40.2 Å². The van der Waals surface area contributed by atoms with Gasteiger partial charge in [0.15, 0.2) is 0 Å². The first kappa shape index (κ1) is 30.8. The van der Waals surface area contributed by atoms with E-state index in [0.29, 0.717) is 17.7 Å². The number of carbonyl (C=O) groups excluding carboxylic acids is 1. The number of carbonyl (C=O) groups is 1. The van der Waals surface area contributed by atoms with Gasteiger partial charge in [-0.05, 0) is 72.9 Å². The second kappa shape index (κ2) is 13.2. The highest BCUT2D eigenvalue weighted by Crippen LogP contribution is 2.34. The second-order valence-corrected chi connectivity index (χ2v) is 10.9. The molecule has 0 bridgehead atoms. The van der Waals surface area contributed by atoms with Crippen molar-refractivity contribution in [3.05, 3.63) is 93.7 Å². The molecule has 0 saturated carbocycles. The van der Waals surface area contributed by atoms with Crippen molar-refractivity contribution >= 4 is 21.8 Å². The molecule has 5 N–H and O–H groups in total. The van der Waals surface area contributed by atoms with E-state index in [2.05, 4.69) is 26.0 Å². The largest absolute Gasteiger partial charge is 0.573 e. The van der Waals surface area contributed by atoms with Crippen LogP contribution in [-0.2, 0) is 17.6 Å². The van der Waals surface area contributed by atoms with Crippen molar-refractivity contribution in [1.82, 2.24) is 5.32 Å². The smallest absolute Gasteiger partial charge is 0.490 e. The summed E-state index contributed by atoms with van der Waals surface area (Å²) in [5, 5.41) is 24.3. The summed E-state index contributed by atoms with van der Waals surface area (Å²) in [6, 6.07) is 14.5. The van der Waals surface area contributed by atoms with Gasteiger partial charge in [0.2, 0.25) is 5.91 Å². The highest BCUT2D eigenvalue weighted by Gasteiger charge is 2.35. The minimum Gasteiger partial charge on any atom is -0.490 e. The molecule has 0 radical (unpaired) electrons. The predicted octanol–water partition coefficient (Wildman–Crippen LogP) is 4.58. The van der Waals surface area contributed by atoms with Crippen molar-refractivity contribution in [2.24, 2.45) is 11.7 Å². The summed E-state index contributed by atoms with van der Waals surface area (Å²) in [6.07, 6.45) is -7.15. The van der Waals surface area contributed by atoms with Gasteiger partial charge in [0, 0.05) is 22.0 Å². The minimum absolute atomic E-state index is 0.0712. The number of benzene rings is 3. The first-order valence-electron chi connectivity index (χ1n) is 12.8. The van der Waals surface area contributed by atoms with Crippen LogP contribution in [0.5, 0.6) is 11.5 Å². The zero-order valence-corrected chi connectivity index (χ0v) is 23.2. The topological polar surface area (TPSA) is 114 Å². The van der Waals surface area contributed by atoms with Crippen LogP contribution in [0.1, 0.15) is 29.2 Å². The Kier molecular flexibility index (Phi) is 9.90. The average Bonchev–Trinajstić information content (AvgIpc) is 2.90. The van der Waals surface area contributed by atoms with Gasteiger partial charge in [-0.15, -0.1) is 13.2 Å². The van der Waals surface area contributed by atoms with Gasteiger partial charge >= 0.3 is 6.36 Å². The zero-order chi connectivity index (χ0) is 29.7. The molecule has 5 atom stereocenters. The number of alkyl halides is 3. The van der Waals surface area contributed by atoms with E-state index in [1.54, 1.807) is 0 Å². The molecule has 12 heteroatoms. The molecule has 3 aromatic carbocycles. The lowest BCUT2D eigenvalue weighted by molar-refractivity contribution is -0.274. The first-order valence-corrected chi connectivity index (χ1v) is 13.6. The predicted molar refractivity (Wildman–Crippen MR) is 146 cm³/mol. The molecule has 220 valence electrons. The molecule has 3 aromatic rings. The number of ether oxygens (including phenoxy) is 2. The maximum Gasteiger partial charge on any atom is 0.573 e. The van der Waals surface area contributed by atoms with Gasteiger partial charge in [0.25, 0.3) is 0 Å². The molecule has 1 aliphatic heterocycles. The fourth-order valence-electron chi connectivity index (χ4n) is 4.75. The first-order chi connectivity index (χ1) is 19.4. The summed E-state index contributed by atoms with van der Waals surface area (Å²) in [6.45, 7) is -0.147. The van der Waals surface area contributed by atoms with Crippen LogP contribution in [0.2, 0.25) is 0 Å². The van der Waals surface area contributed by atoms with Crippen molar-refractivity contribution in [2.45, 2.75) is 49.9 Å². The molecule has 7 nitrogen and oxygen atoms in total. The lowest BCUT2D eigenvalue weighted by atomic mass is 9.88. The minimum atomic E-state index is -4.90. The fourth-order valence-corrected chi connectivity index (χ4v) is 5.01. The molecule has 1 aliphatic rings. The maximum atomic E-state index is 14.0. The molecule has 0 aliphatic carbocycles. The van der Waals surface area contributed by atoms with Crippen molar-refractivity contribution in [3.63, 3.8) is 0 Å². The van der Waals surface area contributed by atoms with E-state index >= 15 is 0 Å². The fraction of sp³-hybridized carbons (Fsp3) is 0.345. The Morgan fingerprint density at radius 2 is 1.83 bits per heavy atom. The van der Waals surface area contributed by atoms with Crippen molar-refractivity contribution in [1.29, 1.82) is 0 Å². The van der Waals surface area contributed by atoms with E-state index in [4.69, 9.17) is 10.5 Å². The van der Waals surface area contributed by atoms with Crippen LogP contribution in [0, 0.1) is 11.7 Å². The van der Waals surface area contributed by atoms with Gasteiger partial charge in [0.1, 0.15) is 30.0 Å². The number of aliphatic hydroxyl groups is 2. The Morgan fingerprint density at radius 3 is 2.54 bits per heavy atom. The number of nitrogens with one attached hydrogen (secondary N) is 1. The number of aliphatic hydroxyl groups excluding tert-OH is 2. The second-order valence-electron chi connectivity index (χ2n) is 9.94. The average molecular weight is 641 g/mol. The summed E-state index contributed by atoms with van der Waals surface area (Å²) >= 11 is 3.36. The number of nitrogens with two attached hydrogens (primary N) is 1. The van der Waals surface area contributed by atoms with Gasteiger partial charge in [-0.3, -0.25) is 4.79 Å².